The highest BCUT2D eigenvalue weighted by Gasteiger charge is 2.27. The topological polar surface area (TPSA) is 29.5 Å². The average Bonchev–Trinajstić information content (AvgIpc) is 2.56. The van der Waals surface area contributed by atoms with Gasteiger partial charge in [0.15, 0.2) is 11.6 Å². The fourth-order valence-electron chi connectivity index (χ4n) is 1.75. The molecule has 1 aromatic carbocycles. The quantitative estimate of drug-likeness (QED) is 0.785. The molecule has 2 nitrogen and oxygen atoms in total. The van der Waals surface area contributed by atoms with E-state index in [4.69, 9.17) is 4.74 Å². The summed E-state index contributed by atoms with van der Waals surface area (Å²) in [6.07, 6.45) is 1.80. The maximum absolute atomic E-state index is 13.2. The van der Waals surface area contributed by atoms with E-state index in [1.165, 1.54) is 6.07 Å². The summed E-state index contributed by atoms with van der Waals surface area (Å²) in [7, 11) is 0. The van der Waals surface area contributed by atoms with Crippen molar-refractivity contribution in [1.82, 2.24) is 0 Å². The van der Waals surface area contributed by atoms with Crippen LogP contribution in [0.1, 0.15) is 19.3 Å². The van der Waals surface area contributed by atoms with Crippen LogP contribution >= 0.6 is 0 Å². The molecule has 0 radical (unpaired) electrons. The highest BCUT2D eigenvalue weighted by Crippen LogP contribution is 2.25. The Morgan fingerprint density at radius 1 is 1.29 bits per heavy atom. The number of aliphatic hydroxyl groups excluding tert-OH is 1. The lowest BCUT2D eigenvalue weighted by atomic mass is 10.2. The van der Waals surface area contributed by atoms with Gasteiger partial charge in [0, 0.05) is 0 Å². The van der Waals surface area contributed by atoms with Gasteiger partial charge in [0.05, 0.1) is 6.10 Å². The molecule has 2 atom stereocenters. The van der Waals surface area contributed by atoms with Crippen molar-refractivity contribution >= 4 is 0 Å². The molecule has 14 heavy (non-hydrogen) atoms. The summed E-state index contributed by atoms with van der Waals surface area (Å²) in [5.41, 5.74) is 0. The molecule has 3 heteroatoms. The molecular formula is C11H13FO2. The van der Waals surface area contributed by atoms with Gasteiger partial charge in [-0.1, -0.05) is 12.1 Å². The maximum Gasteiger partial charge on any atom is 0.165 e. The van der Waals surface area contributed by atoms with Crippen LogP contribution in [0.25, 0.3) is 0 Å². The standard InChI is InChI=1S/C11H13FO2/c12-8-4-1-2-6-10(8)14-11-7-3-5-9(11)13/h1-2,4,6,9,11,13H,3,5,7H2/t9-,11-/m0/s1. The second kappa shape index (κ2) is 3.96. The van der Waals surface area contributed by atoms with Crippen molar-refractivity contribution in [2.75, 3.05) is 0 Å². The third-order valence-corrected chi connectivity index (χ3v) is 2.53. The minimum absolute atomic E-state index is 0.235. The van der Waals surface area contributed by atoms with Gasteiger partial charge in [0.2, 0.25) is 0 Å². The molecule has 0 saturated heterocycles. The van der Waals surface area contributed by atoms with Gasteiger partial charge in [0.1, 0.15) is 6.10 Å². The lowest BCUT2D eigenvalue weighted by Crippen LogP contribution is -2.25. The Morgan fingerprint density at radius 3 is 2.71 bits per heavy atom. The lowest BCUT2D eigenvalue weighted by molar-refractivity contribution is 0.0579. The summed E-state index contributed by atoms with van der Waals surface area (Å²) in [5, 5.41) is 9.49. The van der Waals surface area contributed by atoms with Crippen LogP contribution < -0.4 is 4.74 Å². The van der Waals surface area contributed by atoms with Gasteiger partial charge in [0.25, 0.3) is 0 Å². The largest absolute Gasteiger partial charge is 0.485 e. The molecule has 76 valence electrons. The minimum Gasteiger partial charge on any atom is -0.485 e. The Kier molecular flexibility index (Phi) is 2.68. The molecule has 0 aliphatic heterocycles. The first-order valence-corrected chi connectivity index (χ1v) is 4.86. The Bertz CT molecular complexity index is 314. The molecule has 1 aromatic rings. The normalized spacial score (nSPS) is 26.4. The number of rotatable bonds is 2. The summed E-state index contributed by atoms with van der Waals surface area (Å²) >= 11 is 0. The van der Waals surface area contributed by atoms with Crippen molar-refractivity contribution in [1.29, 1.82) is 0 Å². The summed E-state index contributed by atoms with van der Waals surface area (Å²) in [6.45, 7) is 0. The number of ether oxygens (including phenoxy) is 1. The van der Waals surface area contributed by atoms with E-state index in [0.29, 0.717) is 0 Å². The van der Waals surface area contributed by atoms with Gasteiger partial charge in [-0.3, -0.25) is 0 Å². The molecule has 0 bridgehead atoms. The van der Waals surface area contributed by atoms with Gasteiger partial charge in [-0.05, 0) is 31.4 Å². The highest BCUT2D eigenvalue weighted by molar-refractivity contribution is 5.24. The van der Waals surface area contributed by atoms with Crippen molar-refractivity contribution in [3.05, 3.63) is 30.1 Å². The SMILES string of the molecule is O[C@H]1CCC[C@@H]1Oc1ccccc1F. The molecular weight excluding hydrogens is 183 g/mol. The second-order valence-electron chi connectivity index (χ2n) is 3.58. The second-order valence-corrected chi connectivity index (χ2v) is 3.58. The number of para-hydroxylation sites is 1. The van der Waals surface area contributed by atoms with E-state index in [0.717, 1.165) is 19.3 Å². The van der Waals surface area contributed by atoms with Gasteiger partial charge >= 0.3 is 0 Å². The van der Waals surface area contributed by atoms with E-state index >= 15 is 0 Å². The average molecular weight is 196 g/mol. The van der Waals surface area contributed by atoms with E-state index in [2.05, 4.69) is 0 Å². The molecule has 0 spiro atoms. The van der Waals surface area contributed by atoms with Crippen LogP contribution in [0.5, 0.6) is 5.75 Å². The van der Waals surface area contributed by atoms with Crippen molar-refractivity contribution < 1.29 is 14.2 Å². The number of hydrogen-bond donors (Lipinski definition) is 1. The van der Waals surface area contributed by atoms with Crippen LogP contribution in [-0.2, 0) is 0 Å². The van der Waals surface area contributed by atoms with Gasteiger partial charge < -0.3 is 9.84 Å². The highest BCUT2D eigenvalue weighted by atomic mass is 19.1. The first-order valence-electron chi connectivity index (χ1n) is 4.86. The number of halogens is 1. The molecule has 1 aliphatic carbocycles. The monoisotopic (exact) mass is 196 g/mol. The van der Waals surface area contributed by atoms with Crippen molar-refractivity contribution in [2.45, 2.75) is 31.5 Å². The summed E-state index contributed by atoms with van der Waals surface area (Å²) in [5.74, 6) is -0.134. The van der Waals surface area contributed by atoms with Gasteiger partial charge in [-0.25, -0.2) is 4.39 Å². The summed E-state index contributed by atoms with van der Waals surface area (Å²) in [6, 6.07) is 6.28. The molecule has 1 aliphatic rings. The van der Waals surface area contributed by atoms with Crippen LogP contribution in [0.3, 0.4) is 0 Å². The zero-order valence-electron chi connectivity index (χ0n) is 7.82. The lowest BCUT2D eigenvalue weighted by Gasteiger charge is -2.17. The number of hydrogen-bond acceptors (Lipinski definition) is 2. The first-order chi connectivity index (χ1) is 6.77. The molecule has 2 rings (SSSR count). The van der Waals surface area contributed by atoms with E-state index in [-0.39, 0.29) is 17.7 Å². The van der Waals surface area contributed by atoms with Crippen molar-refractivity contribution in [3.63, 3.8) is 0 Å². The Labute approximate surface area is 82.3 Å². The Hall–Kier alpha value is -1.09. The third kappa shape index (κ3) is 1.87. The molecule has 1 N–H and O–H groups in total. The van der Waals surface area contributed by atoms with Crippen LogP contribution in [0, 0.1) is 5.82 Å². The Balaban J connectivity index is 2.07. The van der Waals surface area contributed by atoms with E-state index < -0.39 is 6.10 Å². The molecule has 1 fully saturated rings. The van der Waals surface area contributed by atoms with Gasteiger partial charge in [-0.15, -0.1) is 0 Å². The maximum atomic E-state index is 13.2. The van der Waals surface area contributed by atoms with Crippen molar-refractivity contribution in [3.8, 4) is 5.75 Å². The fraction of sp³-hybridized carbons (Fsp3) is 0.455. The van der Waals surface area contributed by atoms with Crippen LogP contribution in [0.15, 0.2) is 24.3 Å². The van der Waals surface area contributed by atoms with Crippen LogP contribution in [0.4, 0.5) is 4.39 Å². The van der Waals surface area contributed by atoms with Gasteiger partial charge in [-0.2, -0.15) is 0 Å². The third-order valence-electron chi connectivity index (χ3n) is 2.53. The van der Waals surface area contributed by atoms with Crippen LogP contribution in [0.2, 0.25) is 0 Å². The predicted molar refractivity (Wildman–Crippen MR) is 50.7 cm³/mol. The number of aliphatic hydroxyl groups is 1. The van der Waals surface area contributed by atoms with E-state index in [9.17, 15) is 9.50 Å². The molecule has 0 heterocycles. The van der Waals surface area contributed by atoms with E-state index in [1.54, 1.807) is 18.2 Å². The van der Waals surface area contributed by atoms with E-state index in [1.807, 2.05) is 0 Å². The molecule has 1 saturated carbocycles. The van der Waals surface area contributed by atoms with Crippen molar-refractivity contribution in [2.24, 2.45) is 0 Å². The predicted octanol–water partition coefficient (Wildman–Crippen LogP) is 2.12. The minimum atomic E-state index is -0.449. The fourth-order valence-corrected chi connectivity index (χ4v) is 1.75. The smallest absolute Gasteiger partial charge is 0.165 e. The Morgan fingerprint density at radius 2 is 2.07 bits per heavy atom. The molecule has 0 unspecified atom stereocenters. The molecule has 0 aromatic heterocycles. The summed E-state index contributed by atoms with van der Waals surface area (Å²) in [4.78, 5) is 0. The number of benzene rings is 1. The molecule has 0 amide bonds. The zero-order valence-corrected chi connectivity index (χ0v) is 7.82. The first kappa shape index (κ1) is 9.46. The van der Waals surface area contributed by atoms with Crippen LogP contribution in [-0.4, -0.2) is 17.3 Å². The summed E-state index contributed by atoms with van der Waals surface area (Å²) < 4.78 is 18.6. The zero-order chi connectivity index (χ0) is 9.97.